The molecule has 0 heterocycles. The molecule has 2 atom stereocenters. The van der Waals surface area contributed by atoms with E-state index in [1.54, 1.807) is 11.8 Å². The molecular formula is C21H27NOS. The monoisotopic (exact) mass is 341 g/mol. The van der Waals surface area contributed by atoms with Crippen LogP contribution < -0.4 is 5.32 Å². The van der Waals surface area contributed by atoms with Gasteiger partial charge in [0.15, 0.2) is 0 Å². The van der Waals surface area contributed by atoms with E-state index in [1.165, 1.54) is 11.1 Å². The Labute approximate surface area is 150 Å². The Morgan fingerprint density at radius 2 is 1.54 bits per heavy atom. The highest BCUT2D eigenvalue weighted by Gasteiger charge is 2.20. The van der Waals surface area contributed by atoms with Crippen LogP contribution in [0.3, 0.4) is 0 Å². The lowest BCUT2D eigenvalue weighted by atomic mass is 9.97. The molecule has 0 aliphatic heterocycles. The predicted molar refractivity (Wildman–Crippen MR) is 104 cm³/mol. The van der Waals surface area contributed by atoms with Gasteiger partial charge in [0.1, 0.15) is 0 Å². The van der Waals surface area contributed by atoms with Crippen LogP contribution in [-0.4, -0.2) is 11.2 Å². The number of carbonyl (C=O) groups excluding carboxylic acids is 1. The second kappa shape index (κ2) is 9.53. The summed E-state index contributed by atoms with van der Waals surface area (Å²) in [6, 6.07) is 20.6. The van der Waals surface area contributed by atoms with Crippen molar-refractivity contribution >= 4 is 17.7 Å². The summed E-state index contributed by atoms with van der Waals surface area (Å²) in [5.74, 6) is 1.50. The molecule has 1 N–H and O–H groups in total. The topological polar surface area (TPSA) is 29.1 Å². The van der Waals surface area contributed by atoms with E-state index in [2.05, 4.69) is 43.4 Å². The molecule has 2 nitrogen and oxygen atoms in total. The Morgan fingerprint density at radius 1 is 0.958 bits per heavy atom. The first-order valence-electron chi connectivity index (χ1n) is 8.57. The third-order valence-electron chi connectivity index (χ3n) is 3.94. The van der Waals surface area contributed by atoms with E-state index in [-0.39, 0.29) is 17.2 Å². The SMILES string of the molecule is CC(C)C[C@H](NC(=O)[C@H](C)SCc1ccccc1)c1ccccc1. The van der Waals surface area contributed by atoms with Gasteiger partial charge in [0, 0.05) is 5.75 Å². The zero-order valence-electron chi connectivity index (χ0n) is 14.7. The average Bonchev–Trinajstić information content (AvgIpc) is 2.60. The van der Waals surface area contributed by atoms with Gasteiger partial charge in [0.2, 0.25) is 5.91 Å². The van der Waals surface area contributed by atoms with Crippen molar-refractivity contribution in [3.8, 4) is 0 Å². The van der Waals surface area contributed by atoms with Crippen LogP contribution in [0.25, 0.3) is 0 Å². The van der Waals surface area contributed by atoms with Crippen LogP contribution in [0.2, 0.25) is 0 Å². The molecule has 3 heteroatoms. The fourth-order valence-corrected chi connectivity index (χ4v) is 3.45. The van der Waals surface area contributed by atoms with Crippen LogP contribution in [0.15, 0.2) is 60.7 Å². The highest BCUT2D eigenvalue weighted by atomic mass is 32.2. The van der Waals surface area contributed by atoms with E-state index in [4.69, 9.17) is 0 Å². The van der Waals surface area contributed by atoms with Crippen LogP contribution in [0.4, 0.5) is 0 Å². The first kappa shape index (κ1) is 18.6. The van der Waals surface area contributed by atoms with E-state index < -0.39 is 0 Å². The fourth-order valence-electron chi connectivity index (χ4n) is 2.60. The zero-order valence-corrected chi connectivity index (χ0v) is 15.6. The maximum atomic E-state index is 12.6. The third-order valence-corrected chi connectivity index (χ3v) is 5.15. The summed E-state index contributed by atoms with van der Waals surface area (Å²) < 4.78 is 0. The summed E-state index contributed by atoms with van der Waals surface area (Å²) in [5.41, 5.74) is 2.43. The number of carbonyl (C=O) groups is 1. The molecular weight excluding hydrogens is 314 g/mol. The quantitative estimate of drug-likeness (QED) is 0.714. The van der Waals surface area contributed by atoms with Gasteiger partial charge in [-0.3, -0.25) is 4.79 Å². The summed E-state index contributed by atoms with van der Waals surface area (Å²) in [6.45, 7) is 6.37. The zero-order chi connectivity index (χ0) is 17.4. The maximum Gasteiger partial charge on any atom is 0.233 e. The molecule has 0 fully saturated rings. The molecule has 0 aromatic heterocycles. The van der Waals surface area contributed by atoms with Gasteiger partial charge in [-0.05, 0) is 30.4 Å². The normalized spacial score (nSPS) is 13.5. The van der Waals surface area contributed by atoms with Gasteiger partial charge < -0.3 is 5.32 Å². The summed E-state index contributed by atoms with van der Waals surface area (Å²) >= 11 is 1.68. The molecule has 0 saturated carbocycles. The van der Waals surface area contributed by atoms with Gasteiger partial charge in [0.25, 0.3) is 0 Å². The first-order chi connectivity index (χ1) is 11.6. The van der Waals surface area contributed by atoms with Gasteiger partial charge in [0.05, 0.1) is 11.3 Å². The Kier molecular flexibility index (Phi) is 7.38. The number of nitrogens with one attached hydrogen (secondary N) is 1. The minimum Gasteiger partial charge on any atom is -0.348 e. The average molecular weight is 342 g/mol. The summed E-state index contributed by atoms with van der Waals surface area (Å²) in [5, 5.41) is 3.17. The molecule has 2 aromatic carbocycles. The molecule has 1 amide bonds. The van der Waals surface area contributed by atoms with Gasteiger partial charge in [-0.2, -0.15) is 0 Å². The molecule has 0 radical (unpaired) electrons. The lowest BCUT2D eigenvalue weighted by molar-refractivity contribution is -0.121. The van der Waals surface area contributed by atoms with Gasteiger partial charge in [-0.15, -0.1) is 11.8 Å². The first-order valence-corrected chi connectivity index (χ1v) is 9.62. The number of rotatable bonds is 8. The van der Waals surface area contributed by atoms with Crippen molar-refractivity contribution in [1.29, 1.82) is 0 Å². The minimum absolute atomic E-state index is 0.0661. The Hall–Kier alpha value is -1.74. The van der Waals surface area contributed by atoms with Crippen molar-refractivity contribution in [2.75, 3.05) is 0 Å². The van der Waals surface area contributed by atoms with Crippen molar-refractivity contribution in [2.45, 2.75) is 44.2 Å². The van der Waals surface area contributed by atoms with Gasteiger partial charge >= 0.3 is 0 Å². The van der Waals surface area contributed by atoms with Crippen LogP contribution in [0.1, 0.15) is 44.4 Å². The minimum atomic E-state index is -0.0661. The van der Waals surface area contributed by atoms with Crippen LogP contribution in [-0.2, 0) is 10.5 Å². The van der Waals surface area contributed by atoms with Crippen LogP contribution >= 0.6 is 11.8 Å². The van der Waals surface area contributed by atoms with Crippen LogP contribution in [0.5, 0.6) is 0 Å². The molecule has 24 heavy (non-hydrogen) atoms. The standard InChI is InChI=1S/C21H27NOS/c1-16(2)14-20(19-12-8-5-9-13-19)22-21(23)17(3)24-15-18-10-6-4-7-11-18/h4-13,16-17,20H,14-15H2,1-3H3,(H,22,23)/t17-,20-/m0/s1. The Balaban J connectivity index is 1.93. The van der Waals surface area contributed by atoms with E-state index in [0.717, 1.165) is 12.2 Å². The second-order valence-electron chi connectivity index (χ2n) is 6.54. The summed E-state index contributed by atoms with van der Waals surface area (Å²) in [7, 11) is 0. The van der Waals surface area contributed by atoms with E-state index >= 15 is 0 Å². The highest BCUT2D eigenvalue weighted by Crippen LogP contribution is 2.23. The number of thioether (sulfide) groups is 1. The highest BCUT2D eigenvalue weighted by molar-refractivity contribution is 7.99. The van der Waals surface area contributed by atoms with Gasteiger partial charge in [-0.25, -0.2) is 0 Å². The molecule has 2 rings (SSSR count). The van der Waals surface area contributed by atoms with Crippen molar-refractivity contribution in [2.24, 2.45) is 5.92 Å². The largest absolute Gasteiger partial charge is 0.348 e. The van der Waals surface area contributed by atoms with Gasteiger partial charge in [-0.1, -0.05) is 74.5 Å². The van der Waals surface area contributed by atoms with Crippen molar-refractivity contribution < 1.29 is 4.79 Å². The number of hydrogen-bond donors (Lipinski definition) is 1. The molecule has 0 aliphatic carbocycles. The molecule has 0 aliphatic rings. The van der Waals surface area contributed by atoms with Crippen molar-refractivity contribution in [3.05, 3.63) is 71.8 Å². The molecule has 0 spiro atoms. The molecule has 0 bridgehead atoms. The Morgan fingerprint density at radius 3 is 2.12 bits per heavy atom. The number of amides is 1. The smallest absolute Gasteiger partial charge is 0.233 e. The van der Waals surface area contributed by atoms with E-state index in [1.807, 2.05) is 43.3 Å². The van der Waals surface area contributed by atoms with Crippen molar-refractivity contribution in [3.63, 3.8) is 0 Å². The van der Waals surface area contributed by atoms with Crippen LogP contribution in [0, 0.1) is 5.92 Å². The second-order valence-corrected chi connectivity index (χ2v) is 7.87. The summed E-state index contributed by atoms with van der Waals surface area (Å²) in [4.78, 5) is 12.6. The lowest BCUT2D eigenvalue weighted by Gasteiger charge is -2.23. The maximum absolute atomic E-state index is 12.6. The third kappa shape index (κ3) is 6.04. The lowest BCUT2D eigenvalue weighted by Crippen LogP contribution is -2.35. The fraction of sp³-hybridized carbons (Fsp3) is 0.381. The molecule has 128 valence electrons. The molecule has 0 saturated heterocycles. The summed E-state index contributed by atoms with van der Waals surface area (Å²) in [6.07, 6.45) is 0.950. The Bertz CT molecular complexity index is 612. The molecule has 2 aromatic rings. The molecule has 0 unspecified atom stereocenters. The number of hydrogen-bond acceptors (Lipinski definition) is 2. The van der Waals surface area contributed by atoms with E-state index in [0.29, 0.717) is 5.92 Å². The van der Waals surface area contributed by atoms with E-state index in [9.17, 15) is 4.79 Å². The predicted octanol–water partition coefficient (Wildman–Crippen LogP) is 5.21. The number of benzene rings is 2. The van der Waals surface area contributed by atoms with Crippen molar-refractivity contribution in [1.82, 2.24) is 5.32 Å².